The number of unbranched alkanes of at least 4 members (excludes halogenated alkanes) is 1. The van der Waals surface area contributed by atoms with Gasteiger partial charge in [0.2, 0.25) is 0 Å². The van der Waals surface area contributed by atoms with E-state index in [9.17, 15) is 0 Å². The molecule has 0 saturated carbocycles. The van der Waals surface area contributed by atoms with Crippen molar-refractivity contribution in [1.29, 1.82) is 0 Å². The van der Waals surface area contributed by atoms with Crippen LogP contribution >= 0.6 is 7.26 Å². The van der Waals surface area contributed by atoms with Crippen LogP contribution < -0.4 is 42.5 Å². The van der Waals surface area contributed by atoms with Gasteiger partial charge in [0.05, 0.1) is 12.8 Å². The van der Waals surface area contributed by atoms with Gasteiger partial charge < -0.3 is 4.74 Å². The standard InChI is InChI=1S/C29H30OP.C24H20B/c1-2-3-23-30-26-21-19-25(20-22-26)24-31(27-13-7-4-8-14-27,28-15-9-5-10-16-28)29-17-11-6-12-18-29;1-5-13-21(14-6-1)25(22-15-7-2-8-16-22,23-17-9-3-10-18-23)24-19-11-4-12-20-24/h4-22H,2-3,23-24H2,1H3;1-20H/q+1;-1. The summed E-state index contributed by atoms with van der Waals surface area (Å²) in [5, 5.41) is 4.24. The van der Waals surface area contributed by atoms with Crippen molar-refractivity contribution >= 4 is 51.2 Å². The molecule has 0 atom stereocenters. The Bertz CT molecular complexity index is 2040. The van der Waals surface area contributed by atoms with Crippen LogP contribution in [0.25, 0.3) is 0 Å². The van der Waals surface area contributed by atoms with E-state index in [0.29, 0.717) is 0 Å². The van der Waals surface area contributed by atoms with Gasteiger partial charge in [-0.25, -0.2) is 0 Å². The molecule has 8 aromatic carbocycles. The van der Waals surface area contributed by atoms with E-state index >= 15 is 0 Å². The van der Waals surface area contributed by atoms with Crippen molar-refractivity contribution in [2.75, 3.05) is 6.61 Å². The molecule has 0 N–H and O–H groups in total. The smallest absolute Gasteiger partial charge is 0.119 e. The zero-order valence-electron chi connectivity index (χ0n) is 32.3. The number of ether oxygens (including phenoxy) is 1. The van der Waals surface area contributed by atoms with Crippen molar-refractivity contribution in [3.8, 4) is 5.75 Å². The Hall–Kier alpha value is -5.95. The highest BCUT2D eigenvalue weighted by Gasteiger charge is 2.45. The topological polar surface area (TPSA) is 9.23 Å². The maximum atomic E-state index is 5.89. The second kappa shape index (κ2) is 19.1. The van der Waals surface area contributed by atoms with Gasteiger partial charge in [-0.15, -0.1) is 0 Å². The third-order valence-electron chi connectivity index (χ3n) is 10.9. The largest absolute Gasteiger partial charge is 0.494 e. The molecule has 0 bridgehead atoms. The first kappa shape index (κ1) is 38.3. The highest BCUT2D eigenvalue weighted by molar-refractivity contribution is 7.95. The van der Waals surface area contributed by atoms with Crippen molar-refractivity contribution < 1.29 is 4.74 Å². The van der Waals surface area contributed by atoms with E-state index in [1.54, 1.807) is 0 Å². The van der Waals surface area contributed by atoms with Crippen LogP contribution in [0.15, 0.2) is 237 Å². The van der Waals surface area contributed by atoms with Crippen molar-refractivity contribution in [3.05, 3.63) is 242 Å². The molecule has 0 radical (unpaired) electrons. The highest BCUT2D eigenvalue weighted by atomic mass is 31.2. The second-order valence-corrected chi connectivity index (χ2v) is 17.8. The lowest BCUT2D eigenvalue weighted by Gasteiger charge is -2.44. The second-order valence-electron chi connectivity index (χ2n) is 14.3. The van der Waals surface area contributed by atoms with Crippen LogP contribution in [-0.4, -0.2) is 12.8 Å². The Morgan fingerprint density at radius 3 is 0.982 bits per heavy atom. The SMILES string of the molecule is CCCCOc1ccc(C[P+](c2ccccc2)(c2ccccc2)c2ccccc2)cc1.c1ccc([B-](c2ccccc2)(c2ccccc2)c2ccccc2)cc1. The monoisotopic (exact) mass is 744 g/mol. The predicted molar refractivity (Wildman–Crippen MR) is 246 cm³/mol. The molecule has 3 heteroatoms. The van der Waals surface area contributed by atoms with Crippen LogP contribution in [-0.2, 0) is 6.16 Å². The van der Waals surface area contributed by atoms with Gasteiger partial charge in [-0.05, 0) is 60.5 Å². The van der Waals surface area contributed by atoms with Gasteiger partial charge >= 0.3 is 0 Å². The number of hydrogen-bond donors (Lipinski definition) is 0. The molecule has 8 rings (SSSR count). The van der Waals surface area contributed by atoms with Gasteiger partial charge in [0.25, 0.3) is 0 Å². The number of benzene rings is 8. The molecule has 56 heavy (non-hydrogen) atoms. The van der Waals surface area contributed by atoms with Crippen LogP contribution in [0.5, 0.6) is 5.75 Å². The van der Waals surface area contributed by atoms with Crippen LogP contribution in [0.4, 0.5) is 0 Å². The minimum Gasteiger partial charge on any atom is -0.494 e. The average molecular weight is 745 g/mol. The quantitative estimate of drug-likeness (QED) is 0.0650. The molecular formula is C53H50BOP. The zero-order chi connectivity index (χ0) is 38.3. The fourth-order valence-electron chi connectivity index (χ4n) is 8.19. The van der Waals surface area contributed by atoms with E-state index < -0.39 is 13.4 Å². The minimum absolute atomic E-state index is 0.783. The van der Waals surface area contributed by atoms with Crippen molar-refractivity contribution in [3.63, 3.8) is 0 Å². The van der Waals surface area contributed by atoms with Crippen LogP contribution in [0.2, 0.25) is 0 Å². The van der Waals surface area contributed by atoms with Crippen molar-refractivity contribution in [2.45, 2.75) is 25.9 Å². The lowest BCUT2D eigenvalue weighted by molar-refractivity contribution is 0.309. The molecule has 0 aromatic heterocycles. The predicted octanol–water partition coefficient (Wildman–Crippen LogP) is 9.42. The van der Waals surface area contributed by atoms with Gasteiger partial charge in [-0.3, -0.25) is 0 Å². The maximum absolute atomic E-state index is 5.89. The Labute approximate surface area is 335 Å². The molecule has 0 fully saturated rings. The van der Waals surface area contributed by atoms with Crippen LogP contribution in [0.3, 0.4) is 0 Å². The summed E-state index contributed by atoms with van der Waals surface area (Å²) in [5.41, 5.74) is 6.70. The summed E-state index contributed by atoms with van der Waals surface area (Å²) in [6, 6.07) is 85.4. The van der Waals surface area contributed by atoms with E-state index in [0.717, 1.165) is 31.4 Å². The number of rotatable bonds is 13. The molecule has 0 unspecified atom stereocenters. The Balaban J connectivity index is 0.000000175. The van der Waals surface area contributed by atoms with Crippen molar-refractivity contribution in [1.82, 2.24) is 0 Å². The number of hydrogen-bond acceptors (Lipinski definition) is 1. The van der Waals surface area contributed by atoms with Gasteiger partial charge in [0, 0.05) is 0 Å². The van der Waals surface area contributed by atoms with Crippen molar-refractivity contribution in [2.24, 2.45) is 0 Å². The summed E-state index contributed by atoms with van der Waals surface area (Å²) in [6.45, 7) is 2.97. The third kappa shape index (κ3) is 8.47. The average Bonchev–Trinajstić information content (AvgIpc) is 3.29. The first-order valence-corrected chi connectivity index (χ1v) is 21.9. The molecule has 0 aliphatic carbocycles. The first-order valence-electron chi connectivity index (χ1n) is 19.9. The van der Waals surface area contributed by atoms with E-state index in [1.165, 1.54) is 43.3 Å². The van der Waals surface area contributed by atoms with Gasteiger partial charge in [0.1, 0.15) is 35.1 Å². The summed E-state index contributed by atoms with van der Waals surface area (Å²) >= 11 is 0. The van der Waals surface area contributed by atoms with Gasteiger partial charge in [0.15, 0.2) is 0 Å². The Kier molecular flexibility index (Phi) is 13.1. The Morgan fingerprint density at radius 1 is 0.375 bits per heavy atom. The molecule has 0 heterocycles. The first-order chi connectivity index (χ1) is 27.7. The minimum atomic E-state index is -1.86. The fourth-order valence-corrected chi connectivity index (χ4v) is 12.4. The normalized spacial score (nSPS) is 11.2. The summed E-state index contributed by atoms with van der Waals surface area (Å²) < 4.78 is 5.89. The third-order valence-corrected chi connectivity index (χ3v) is 15.3. The van der Waals surface area contributed by atoms with E-state index in [2.05, 4.69) is 244 Å². The summed E-state index contributed by atoms with van der Waals surface area (Å²) in [4.78, 5) is 0. The Morgan fingerprint density at radius 2 is 0.679 bits per heavy atom. The van der Waals surface area contributed by atoms with Crippen LogP contribution in [0, 0.1) is 0 Å². The van der Waals surface area contributed by atoms with E-state index in [4.69, 9.17) is 4.74 Å². The molecule has 0 amide bonds. The fraction of sp³-hybridized carbons (Fsp3) is 0.0943. The molecular weight excluding hydrogens is 694 g/mol. The molecule has 0 spiro atoms. The lowest BCUT2D eigenvalue weighted by atomic mass is 9.13. The zero-order valence-corrected chi connectivity index (χ0v) is 33.2. The van der Waals surface area contributed by atoms with Gasteiger partial charge in [-0.2, -0.15) is 21.9 Å². The van der Waals surface area contributed by atoms with E-state index in [-0.39, 0.29) is 0 Å². The molecule has 0 aliphatic heterocycles. The molecule has 276 valence electrons. The molecule has 0 aliphatic rings. The maximum Gasteiger partial charge on any atom is 0.119 e. The molecule has 0 saturated heterocycles. The highest BCUT2D eigenvalue weighted by Crippen LogP contribution is 2.58. The van der Waals surface area contributed by atoms with Gasteiger partial charge in [-0.1, -0.05) is 201 Å². The van der Waals surface area contributed by atoms with Crippen LogP contribution in [0.1, 0.15) is 25.3 Å². The molecule has 8 aromatic rings. The lowest BCUT2D eigenvalue weighted by Crippen LogP contribution is -2.74. The summed E-state index contributed by atoms with van der Waals surface area (Å²) in [6.07, 6.45) is 2.01. The summed E-state index contributed by atoms with van der Waals surface area (Å²) in [7, 11) is -1.86. The summed E-state index contributed by atoms with van der Waals surface area (Å²) in [5.74, 6) is 0.959. The molecule has 1 nitrogen and oxygen atoms in total. The van der Waals surface area contributed by atoms with E-state index in [1.807, 2.05) is 0 Å².